The van der Waals surface area contributed by atoms with E-state index < -0.39 is 5.79 Å². The fourth-order valence-electron chi connectivity index (χ4n) is 3.36. The minimum atomic E-state index is -0.842. The standard InChI is InChI=1S/C19H22O4/c1-12-16(20)13(2)18-15(17(12)21-3)10-11-19(22-4,23-18)14-8-6-5-7-9-14/h5-9,20H,10-11H2,1-4H3/t19-/m0/s1. The van der Waals surface area contributed by atoms with Gasteiger partial charge in [0.05, 0.1) is 7.11 Å². The van der Waals surface area contributed by atoms with Crippen molar-refractivity contribution in [1.82, 2.24) is 0 Å². The van der Waals surface area contributed by atoms with Crippen LogP contribution in [0.3, 0.4) is 0 Å². The molecule has 2 aromatic rings. The minimum Gasteiger partial charge on any atom is -0.507 e. The molecule has 1 N–H and O–H groups in total. The molecule has 0 fully saturated rings. The topological polar surface area (TPSA) is 47.9 Å². The molecule has 1 aliphatic heterocycles. The molecule has 0 aromatic heterocycles. The Labute approximate surface area is 136 Å². The zero-order valence-corrected chi connectivity index (χ0v) is 14.0. The van der Waals surface area contributed by atoms with Crippen molar-refractivity contribution in [3.05, 3.63) is 52.6 Å². The SMILES string of the molecule is COc1c(C)c(O)c(C)c2c1CC[C@@](OC)(c1ccccc1)O2. The second-order valence-corrected chi connectivity index (χ2v) is 5.86. The van der Waals surface area contributed by atoms with Gasteiger partial charge in [-0.25, -0.2) is 0 Å². The molecule has 1 heterocycles. The third-order valence-electron chi connectivity index (χ3n) is 4.66. The van der Waals surface area contributed by atoms with Gasteiger partial charge >= 0.3 is 0 Å². The van der Waals surface area contributed by atoms with E-state index in [0.717, 1.165) is 28.7 Å². The first-order chi connectivity index (χ1) is 11.0. The van der Waals surface area contributed by atoms with Crippen LogP contribution in [0.15, 0.2) is 30.3 Å². The minimum absolute atomic E-state index is 0.209. The number of hydrogen-bond donors (Lipinski definition) is 1. The molecule has 0 spiro atoms. The van der Waals surface area contributed by atoms with E-state index in [9.17, 15) is 5.11 Å². The van der Waals surface area contributed by atoms with Crippen molar-refractivity contribution in [2.75, 3.05) is 14.2 Å². The Morgan fingerprint density at radius 3 is 2.39 bits per heavy atom. The highest BCUT2D eigenvalue weighted by Gasteiger charge is 2.41. The first kappa shape index (κ1) is 15.7. The maximum absolute atomic E-state index is 10.4. The van der Waals surface area contributed by atoms with E-state index in [0.29, 0.717) is 17.9 Å². The fraction of sp³-hybridized carbons (Fsp3) is 0.368. The lowest BCUT2D eigenvalue weighted by Gasteiger charge is -2.39. The van der Waals surface area contributed by atoms with Crippen LogP contribution in [0.1, 0.15) is 28.7 Å². The predicted molar refractivity (Wildman–Crippen MR) is 88.2 cm³/mol. The maximum Gasteiger partial charge on any atom is 0.237 e. The molecule has 1 atom stereocenters. The number of hydrogen-bond acceptors (Lipinski definition) is 4. The molecule has 1 aliphatic rings. The van der Waals surface area contributed by atoms with Crippen molar-refractivity contribution >= 4 is 0 Å². The summed E-state index contributed by atoms with van der Waals surface area (Å²) in [6.07, 6.45) is 1.43. The van der Waals surface area contributed by atoms with Crippen molar-refractivity contribution in [3.8, 4) is 17.2 Å². The van der Waals surface area contributed by atoms with E-state index in [1.54, 1.807) is 14.2 Å². The third kappa shape index (κ3) is 2.34. The summed E-state index contributed by atoms with van der Waals surface area (Å²) in [6.45, 7) is 3.72. The van der Waals surface area contributed by atoms with Crippen molar-refractivity contribution < 1.29 is 19.3 Å². The summed E-state index contributed by atoms with van der Waals surface area (Å²) in [4.78, 5) is 0. The Morgan fingerprint density at radius 2 is 1.78 bits per heavy atom. The van der Waals surface area contributed by atoms with Crippen LogP contribution < -0.4 is 9.47 Å². The number of aromatic hydroxyl groups is 1. The van der Waals surface area contributed by atoms with Crippen LogP contribution in [0.4, 0.5) is 0 Å². The second-order valence-electron chi connectivity index (χ2n) is 5.86. The number of phenolic OH excluding ortho intramolecular Hbond substituents is 1. The van der Waals surface area contributed by atoms with Gasteiger partial charge in [0.2, 0.25) is 5.79 Å². The van der Waals surface area contributed by atoms with E-state index in [1.165, 1.54) is 0 Å². The molecule has 4 nitrogen and oxygen atoms in total. The zero-order chi connectivity index (χ0) is 16.6. The summed E-state index contributed by atoms with van der Waals surface area (Å²) in [5, 5.41) is 10.4. The van der Waals surface area contributed by atoms with Crippen LogP contribution in [-0.4, -0.2) is 19.3 Å². The summed E-state index contributed by atoms with van der Waals surface area (Å²) in [7, 11) is 3.27. The molecule has 0 saturated carbocycles. The Balaban J connectivity index is 2.15. The van der Waals surface area contributed by atoms with Gasteiger partial charge in [0.15, 0.2) is 0 Å². The Kier molecular flexibility index (Phi) is 3.94. The van der Waals surface area contributed by atoms with Crippen LogP contribution in [-0.2, 0) is 16.9 Å². The average Bonchev–Trinajstić information content (AvgIpc) is 2.61. The monoisotopic (exact) mass is 314 g/mol. The van der Waals surface area contributed by atoms with Crippen molar-refractivity contribution in [2.24, 2.45) is 0 Å². The molecule has 3 rings (SSSR count). The van der Waals surface area contributed by atoms with Gasteiger partial charge < -0.3 is 19.3 Å². The molecule has 0 bridgehead atoms. The van der Waals surface area contributed by atoms with Gasteiger partial charge in [-0.05, 0) is 20.3 Å². The molecule has 0 amide bonds. The van der Waals surface area contributed by atoms with E-state index >= 15 is 0 Å². The normalized spacial score (nSPS) is 19.8. The van der Waals surface area contributed by atoms with E-state index in [2.05, 4.69) is 0 Å². The van der Waals surface area contributed by atoms with Gasteiger partial charge in [0.1, 0.15) is 17.2 Å². The Hall–Kier alpha value is -2.20. The van der Waals surface area contributed by atoms with E-state index in [4.69, 9.17) is 14.2 Å². The quantitative estimate of drug-likeness (QED) is 0.935. The van der Waals surface area contributed by atoms with Gasteiger partial charge in [-0.3, -0.25) is 0 Å². The van der Waals surface area contributed by atoms with Crippen LogP contribution in [0.2, 0.25) is 0 Å². The lowest BCUT2D eigenvalue weighted by atomic mass is 9.90. The molecule has 2 aromatic carbocycles. The predicted octanol–water partition coefficient (Wildman–Crippen LogP) is 3.84. The molecule has 122 valence electrons. The lowest BCUT2D eigenvalue weighted by Crippen LogP contribution is -2.39. The van der Waals surface area contributed by atoms with Gasteiger partial charge in [-0.15, -0.1) is 0 Å². The number of fused-ring (bicyclic) bond motifs is 1. The maximum atomic E-state index is 10.4. The van der Waals surface area contributed by atoms with Crippen molar-refractivity contribution in [2.45, 2.75) is 32.5 Å². The van der Waals surface area contributed by atoms with Crippen LogP contribution in [0, 0.1) is 13.8 Å². The van der Waals surface area contributed by atoms with E-state index in [-0.39, 0.29) is 5.75 Å². The summed E-state index contributed by atoms with van der Waals surface area (Å²) >= 11 is 0. The summed E-state index contributed by atoms with van der Waals surface area (Å²) in [5.74, 6) is 0.717. The van der Waals surface area contributed by atoms with Gasteiger partial charge in [-0.1, -0.05) is 30.3 Å². The molecule has 0 aliphatic carbocycles. The smallest absolute Gasteiger partial charge is 0.237 e. The zero-order valence-electron chi connectivity index (χ0n) is 14.0. The lowest BCUT2D eigenvalue weighted by molar-refractivity contribution is -0.184. The number of rotatable bonds is 3. The molecule has 4 heteroatoms. The summed E-state index contributed by atoms with van der Waals surface area (Å²) < 4.78 is 17.6. The molecular formula is C19H22O4. The average molecular weight is 314 g/mol. The number of methoxy groups -OCH3 is 2. The highest BCUT2D eigenvalue weighted by atomic mass is 16.7. The fourth-order valence-corrected chi connectivity index (χ4v) is 3.36. The third-order valence-corrected chi connectivity index (χ3v) is 4.66. The van der Waals surface area contributed by atoms with Crippen molar-refractivity contribution in [1.29, 1.82) is 0 Å². The van der Waals surface area contributed by atoms with Gasteiger partial charge in [0, 0.05) is 35.8 Å². The highest BCUT2D eigenvalue weighted by molar-refractivity contribution is 5.62. The summed E-state index contributed by atoms with van der Waals surface area (Å²) in [5.41, 5.74) is 3.42. The van der Waals surface area contributed by atoms with Gasteiger partial charge in [-0.2, -0.15) is 0 Å². The molecule has 0 unspecified atom stereocenters. The molecule has 0 saturated heterocycles. The second kappa shape index (κ2) is 5.78. The first-order valence-electron chi connectivity index (χ1n) is 7.72. The highest BCUT2D eigenvalue weighted by Crippen LogP contribution is 2.49. The van der Waals surface area contributed by atoms with Crippen LogP contribution >= 0.6 is 0 Å². The Morgan fingerprint density at radius 1 is 1.09 bits per heavy atom. The number of benzene rings is 2. The molecular weight excluding hydrogens is 292 g/mol. The number of phenols is 1. The first-order valence-corrected chi connectivity index (χ1v) is 7.72. The number of ether oxygens (including phenoxy) is 3. The van der Waals surface area contributed by atoms with E-state index in [1.807, 2.05) is 44.2 Å². The van der Waals surface area contributed by atoms with Crippen LogP contribution in [0.5, 0.6) is 17.2 Å². The van der Waals surface area contributed by atoms with Crippen LogP contribution in [0.25, 0.3) is 0 Å². The summed E-state index contributed by atoms with van der Waals surface area (Å²) in [6, 6.07) is 9.89. The van der Waals surface area contributed by atoms with Gasteiger partial charge in [0.25, 0.3) is 0 Å². The largest absolute Gasteiger partial charge is 0.507 e. The molecule has 23 heavy (non-hydrogen) atoms. The molecule has 0 radical (unpaired) electrons. The Bertz CT molecular complexity index is 724. The van der Waals surface area contributed by atoms with Crippen molar-refractivity contribution in [3.63, 3.8) is 0 Å².